The highest BCUT2D eigenvalue weighted by atomic mass is 16.6. The summed E-state index contributed by atoms with van der Waals surface area (Å²) >= 11 is 0. The number of carbonyl (C=O) groups excluding carboxylic acids is 1. The number of benzene rings is 1. The van der Waals surface area contributed by atoms with Gasteiger partial charge in [-0.2, -0.15) is 0 Å². The summed E-state index contributed by atoms with van der Waals surface area (Å²) in [6.45, 7) is 1.77. The van der Waals surface area contributed by atoms with Crippen molar-refractivity contribution in [3.05, 3.63) is 46.0 Å². The molecule has 0 aliphatic carbocycles. The first-order chi connectivity index (χ1) is 9.04. The molecule has 2 N–H and O–H groups in total. The number of aliphatic hydroxyl groups excluding tert-OH is 1. The summed E-state index contributed by atoms with van der Waals surface area (Å²) in [5, 5.41) is 22.1. The van der Waals surface area contributed by atoms with Crippen LogP contribution in [0.2, 0.25) is 0 Å². The van der Waals surface area contributed by atoms with Crippen LogP contribution >= 0.6 is 0 Å². The fraction of sp³-hybridized carbons (Fsp3) is 0.308. The highest BCUT2D eigenvalue weighted by molar-refractivity contribution is 5.92. The summed E-state index contributed by atoms with van der Waals surface area (Å²) in [5.74, 6) is -0.348. The first-order valence-electron chi connectivity index (χ1n) is 5.87. The van der Waals surface area contributed by atoms with E-state index in [2.05, 4.69) is 5.32 Å². The van der Waals surface area contributed by atoms with E-state index in [1.807, 2.05) is 0 Å². The second-order valence-corrected chi connectivity index (χ2v) is 4.07. The lowest BCUT2D eigenvalue weighted by molar-refractivity contribution is -0.385. The Morgan fingerprint density at radius 1 is 1.53 bits per heavy atom. The maximum atomic E-state index is 11.5. The van der Waals surface area contributed by atoms with Crippen LogP contribution in [0.15, 0.2) is 30.3 Å². The lowest BCUT2D eigenvalue weighted by atomic mass is 10.1. The van der Waals surface area contributed by atoms with Gasteiger partial charge in [-0.05, 0) is 25.5 Å². The van der Waals surface area contributed by atoms with Gasteiger partial charge >= 0.3 is 0 Å². The Hall–Kier alpha value is -2.21. The van der Waals surface area contributed by atoms with Crippen LogP contribution in [0.3, 0.4) is 0 Å². The van der Waals surface area contributed by atoms with Crippen LogP contribution in [-0.2, 0) is 4.79 Å². The number of hydrogen-bond donors (Lipinski definition) is 2. The molecule has 0 spiro atoms. The fourth-order valence-electron chi connectivity index (χ4n) is 1.52. The topological polar surface area (TPSA) is 92.5 Å². The van der Waals surface area contributed by atoms with Crippen molar-refractivity contribution in [3.63, 3.8) is 0 Å². The van der Waals surface area contributed by atoms with Crippen LogP contribution in [0.5, 0.6) is 0 Å². The predicted molar refractivity (Wildman–Crippen MR) is 71.4 cm³/mol. The van der Waals surface area contributed by atoms with E-state index in [1.54, 1.807) is 25.1 Å². The Morgan fingerprint density at radius 2 is 2.21 bits per heavy atom. The molecular formula is C13H16N2O4. The van der Waals surface area contributed by atoms with Gasteiger partial charge in [0.05, 0.1) is 10.5 Å². The average Bonchev–Trinajstić information content (AvgIpc) is 2.36. The van der Waals surface area contributed by atoms with Crippen molar-refractivity contribution < 1.29 is 14.8 Å². The number of aliphatic hydroxyl groups is 1. The minimum Gasteiger partial charge on any atom is -0.396 e. The number of nitro benzene ring substituents is 1. The first kappa shape index (κ1) is 14.8. The summed E-state index contributed by atoms with van der Waals surface area (Å²) in [6.07, 6.45) is 3.11. The van der Waals surface area contributed by atoms with Gasteiger partial charge < -0.3 is 10.4 Å². The standard InChI is InChI=1S/C13H16N2O4/c1-10(8-9-16)14-13(17)7-6-11-4-2-3-5-12(11)15(18)19/h2-7,10,16H,8-9H2,1H3,(H,14,17)/b7-6+/t10-/m1/s1. The normalized spacial score (nSPS) is 12.3. The van der Waals surface area contributed by atoms with E-state index in [4.69, 9.17) is 5.11 Å². The van der Waals surface area contributed by atoms with E-state index in [-0.39, 0.29) is 24.2 Å². The zero-order chi connectivity index (χ0) is 14.3. The van der Waals surface area contributed by atoms with Gasteiger partial charge in [-0.3, -0.25) is 14.9 Å². The number of nitrogens with zero attached hydrogens (tertiary/aromatic N) is 1. The van der Waals surface area contributed by atoms with Gasteiger partial charge in [0.15, 0.2) is 0 Å². The average molecular weight is 264 g/mol. The van der Waals surface area contributed by atoms with E-state index in [9.17, 15) is 14.9 Å². The van der Waals surface area contributed by atoms with Crippen LogP contribution in [0, 0.1) is 10.1 Å². The summed E-state index contributed by atoms with van der Waals surface area (Å²) in [5.41, 5.74) is 0.326. The number of amides is 1. The molecule has 0 radical (unpaired) electrons. The number of nitro groups is 1. The molecular weight excluding hydrogens is 248 g/mol. The third-order valence-electron chi connectivity index (χ3n) is 2.50. The molecule has 0 aliphatic heterocycles. The molecule has 0 saturated carbocycles. The lowest BCUT2D eigenvalue weighted by Crippen LogP contribution is -2.31. The molecule has 102 valence electrons. The molecule has 0 bridgehead atoms. The van der Waals surface area contributed by atoms with Crippen molar-refractivity contribution in [1.82, 2.24) is 5.32 Å². The minimum absolute atomic E-state index is 0.00464. The highest BCUT2D eigenvalue weighted by Gasteiger charge is 2.10. The van der Waals surface area contributed by atoms with E-state index in [1.165, 1.54) is 18.2 Å². The van der Waals surface area contributed by atoms with Crippen LogP contribution < -0.4 is 5.32 Å². The Balaban J connectivity index is 2.71. The quantitative estimate of drug-likeness (QED) is 0.462. The van der Waals surface area contributed by atoms with Gasteiger partial charge in [0.25, 0.3) is 5.69 Å². The smallest absolute Gasteiger partial charge is 0.276 e. The molecule has 0 aromatic heterocycles. The van der Waals surface area contributed by atoms with Crippen molar-refractivity contribution in [2.24, 2.45) is 0 Å². The lowest BCUT2D eigenvalue weighted by Gasteiger charge is -2.09. The summed E-state index contributed by atoms with van der Waals surface area (Å²) in [4.78, 5) is 21.8. The Bertz CT molecular complexity index is 485. The maximum absolute atomic E-state index is 11.5. The number of para-hydroxylation sites is 1. The molecule has 0 saturated heterocycles. The highest BCUT2D eigenvalue weighted by Crippen LogP contribution is 2.18. The van der Waals surface area contributed by atoms with E-state index in [0.29, 0.717) is 12.0 Å². The largest absolute Gasteiger partial charge is 0.396 e. The SMILES string of the molecule is C[C@H](CCO)NC(=O)/C=C/c1ccccc1[N+](=O)[O-]. The van der Waals surface area contributed by atoms with Gasteiger partial charge in [-0.1, -0.05) is 12.1 Å². The van der Waals surface area contributed by atoms with Crippen molar-refractivity contribution in [2.75, 3.05) is 6.61 Å². The van der Waals surface area contributed by atoms with Crippen LogP contribution in [0.4, 0.5) is 5.69 Å². The predicted octanol–water partition coefficient (Wildman–Crippen LogP) is 1.50. The Labute approximate surface area is 110 Å². The number of hydrogen-bond acceptors (Lipinski definition) is 4. The third-order valence-corrected chi connectivity index (χ3v) is 2.50. The van der Waals surface area contributed by atoms with Crippen LogP contribution in [0.25, 0.3) is 6.08 Å². The second kappa shape index (κ2) is 7.27. The van der Waals surface area contributed by atoms with Crippen LogP contribution in [0.1, 0.15) is 18.9 Å². The molecule has 1 amide bonds. The number of rotatable bonds is 6. The summed E-state index contributed by atoms with van der Waals surface area (Å²) in [7, 11) is 0. The Kier molecular flexibility index (Phi) is 5.69. The molecule has 0 unspecified atom stereocenters. The maximum Gasteiger partial charge on any atom is 0.276 e. The fourth-order valence-corrected chi connectivity index (χ4v) is 1.52. The molecule has 6 heteroatoms. The second-order valence-electron chi connectivity index (χ2n) is 4.07. The van der Waals surface area contributed by atoms with Crippen LogP contribution in [-0.4, -0.2) is 28.6 Å². The first-order valence-corrected chi connectivity index (χ1v) is 5.87. The van der Waals surface area contributed by atoms with Crippen molar-refractivity contribution in [3.8, 4) is 0 Å². The van der Waals surface area contributed by atoms with Crippen molar-refractivity contribution in [2.45, 2.75) is 19.4 Å². The zero-order valence-corrected chi connectivity index (χ0v) is 10.6. The van der Waals surface area contributed by atoms with Gasteiger partial charge in [-0.15, -0.1) is 0 Å². The molecule has 1 aromatic rings. The molecule has 6 nitrogen and oxygen atoms in total. The van der Waals surface area contributed by atoms with Gasteiger partial charge in [0, 0.05) is 24.8 Å². The number of carbonyl (C=O) groups is 1. The van der Waals surface area contributed by atoms with Crippen molar-refractivity contribution >= 4 is 17.7 Å². The molecule has 1 atom stereocenters. The molecule has 1 rings (SSSR count). The van der Waals surface area contributed by atoms with Crippen molar-refractivity contribution in [1.29, 1.82) is 0 Å². The summed E-state index contributed by atoms with van der Waals surface area (Å²) < 4.78 is 0. The van der Waals surface area contributed by atoms with Gasteiger partial charge in [0.2, 0.25) is 5.91 Å². The third kappa shape index (κ3) is 4.89. The van der Waals surface area contributed by atoms with Gasteiger partial charge in [-0.25, -0.2) is 0 Å². The van der Waals surface area contributed by atoms with E-state index < -0.39 is 4.92 Å². The molecule has 1 aromatic carbocycles. The molecule has 0 aliphatic rings. The van der Waals surface area contributed by atoms with E-state index >= 15 is 0 Å². The van der Waals surface area contributed by atoms with Gasteiger partial charge in [0.1, 0.15) is 0 Å². The number of nitrogens with one attached hydrogen (secondary N) is 1. The molecule has 0 fully saturated rings. The molecule has 19 heavy (non-hydrogen) atoms. The summed E-state index contributed by atoms with van der Waals surface area (Å²) in [6, 6.07) is 6.04. The molecule has 0 heterocycles. The Morgan fingerprint density at radius 3 is 2.84 bits per heavy atom. The minimum atomic E-state index is -0.494. The zero-order valence-electron chi connectivity index (χ0n) is 10.6. The van der Waals surface area contributed by atoms with E-state index in [0.717, 1.165) is 0 Å². The monoisotopic (exact) mass is 264 g/mol.